The molecule has 0 spiro atoms. The number of hydrogen-bond donors (Lipinski definition) is 4. The first kappa shape index (κ1) is 39.8. The average Bonchev–Trinajstić information content (AvgIpc) is 3.44. The normalized spacial score (nSPS) is 19.3. The molecule has 7 rings (SSSR count). The van der Waals surface area contributed by atoms with Gasteiger partial charge in [0.25, 0.3) is 5.56 Å². The van der Waals surface area contributed by atoms with Gasteiger partial charge in [-0.25, -0.2) is 9.78 Å². The topological polar surface area (TPSA) is 198 Å². The zero-order valence-corrected chi connectivity index (χ0v) is 32.9. The first-order chi connectivity index (χ1) is 27.3. The fourth-order valence-electron chi connectivity index (χ4n) is 8.31. The third kappa shape index (κ3) is 7.57. The van der Waals surface area contributed by atoms with E-state index in [0.717, 1.165) is 47.8 Å². The van der Waals surface area contributed by atoms with E-state index in [2.05, 4.69) is 16.0 Å². The summed E-state index contributed by atoms with van der Waals surface area (Å²) in [6.07, 6.45) is 7.77. The molecule has 4 aliphatic rings. The summed E-state index contributed by atoms with van der Waals surface area (Å²) in [5.74, 6) is -2.22. The van der Waals surface area contributed by atoms with Gasteiger partial charge in [-0.1, -0.05) is 33.3 Å². The molecular formula is C42H50N6O9. The minimum absolute atomic E-state index is 0.0568. The minimum atomic E-state index is -1.91. The first-order valence-corrected chi connectivity index (χ1v) is 19.9. The van der Waals surface area contributed by atoms with Crippen LogP contribution in [0.3, 0.4) is 0 Å². The van der Waals surface area contributed by atoms with E-state index in [1.807, 2.05) is 19.9 Å². The number of carbonyl (C=O) groups excluding carboxylic acids is 5. The first-order valence-electron chi connectivity index (χ1n) is 19.9. The Kier molecular flexibility index (Phi) is 11.3. The summed E-state index contributed by atoms with van der Waals surface area (Å²) in [5.41, 5.74) is 3.67. The Morgan fingerprint density at radius 3 is 2.54 bits per heavy atom. The van der Waals surface area contributed by atoms with Gasteiger partial charge in [0.1, 0.15) is 25.4 Å². The number of anilines is 1. The van der Waals surface area contributed by atoms with Gasteiger partial charge < -0.3 is 40.0 Å². The van der Waals surface area contributed by atoms with Crippen molar-refractivity contribution in [3.8, 4) is 11.4 Å². The summed E-state index contributed by atoms with van der Waals surface area (Å²) < 4.78 is 12.2. The highest BCUT2D eigenvalue weighted by Gasteiger charge is 2.45. The Bertz CT molecular complexity index is 2250. The van der Waals surface area contributed by atoms with Crippen LogP contribution in [0.5, 0.6) is 0 Å². The molecule has 0 saturated carbocycles. The second-order valence-corrected chi connectivity index (χ2v) is 15.7. The highest BCUT2D eigenvalue weighted by Crippen LogP contribution is 2.43. The van der Waals surface area contributed by atoms with E-state index in [-0.39, 0.29) is 67.1 Å². The smallest absolute Gasteiger partial charge is 0.343 e. The number of cyclic esters (lactones) is 1. The molecule has 15 heteroatoms. The molecule has 0 saturated heterocycles. The highest BCUT2D eigenvalue weighted by atomic mass is 16.6. The number of carbonyl (C=O) groups is 5. The number of aliphatic hydroxyl groups is 1. The number of pyridine rings is 2. The van der Waals surface area contributed by atoms with Gasteiger partial charge in [0.15, 0.2) is 5.60 Å². The SMILES string of the molecule is CC[C@@]1(O)C(=O)OCc2c1cc1n(c2=O)Cc2c-1nc1ccc(NC(=O)[C@H](C)NC(=O)[C@@H](NC(=O)CCCCCN3COCC=CC3=O)C(C)C)c3c1c2CCC3. The van der Waals surface area contributed by atoms with Crippen molar-refractivity contribution in [3.05, 3.63) is 68.5 Å². The van der Waals surface area contributed by atoms with Crippen LogP contribution in [0.25, 0.3) is 22.3 Å². The second kappa shape index (κ2) is 16.2. The molecule has 0 unspecified atom stereocenters. The molecule has 15 nitrogen and oxygen atoms in total. The molecule has 0 radical (unpaired) electrons. The number of esters is 1. The Hall–Kier alpha value is -5.41. The van der Waals surface area contributed by atoms with Crippen LogP contribution in [-0.4, -0.2) is 81.1 Å². The number of nitrogens with one attached hydrogen (secondary N) is 3. The molecule has 1 aromatic carbocycles. The number of amides is 4. The standard InChI is InChI=1S/C42H50N6O9/c1-5-42(55)29-19-32-37-27(20-48(32)40(53)28(29)21-57-41(42)54)25-11-9-12-26-30(15-16-31(44-37)35(25)26)45-38(51)24(4)43-39(52)36(23(2)3)46-33(49)13-7-6-8-17-47-22-56-18-10-14-34(47)50/h10,14-16,19,23-24,36,55H,5-9,11-13,17-18,20-22H2,1-4H3,(H,43,52)(H,45,51)(H,46,49)/t24-,36-,42-/m0/s1. The lowest BCUT2D eigenvalue weighted by molar-refractivity contribution is -0.172. The second-order valence-electron chi connectivity index (χ2n) is 15.7. The molecule has 3 atom stereocenters. The van der Waals surface area contributed by atoms with Crippen molar-refractivity contribution in [2.45, 2.75) is 110 Å². The fraction of sp³-hybridized carbons (Fsp3) is 0.500. The summed E-state index contributed by atoms with van der Waals surface area (Å²) >= 11 is 0. The van der Waals surface area contributed by atoms with Crippen molar-refractivity contribution in [2.24, 2.45) is 5.92 Å². The van der Waals surface area contributed by atoms with Gasteiger partial charge in [-0.3, -0.25) is 24.0 Å². The van der Waals surface area contributed by atoms with Gasteiger partial charge in [0.05, 0.1) is 35.6 Å². The summed E-state index contributed by atoms with van der Waals surface area (Å²) in [6.45, 7) is 8.20. The van der Waals surface area contributed by atoms with Gasteiger partial charge in [-0.15, -0.1) is 0 Å². The summed E-state index contributed by atoms with van der Waals surface area (Å²) in [7, 11) is 0. The molecule has 0 fully saturated rings. The number of fused-ring (bicyclic) bond motifs is 5. The van der Waals surface area contributed by atoms with Crippen molar-refractivity contribution >= 4 is 46.2 Å². The van der Waals surface area contributed by atoms with Crippen LogP contribution < -0.4 is 21.5 Å². The van der Waals surface area contributed by atoms with Gasteiger partial charge in [-0.05, 0) is 80.7 Å². The van der Waals surface area contributed by atoms with E-state index in [1.54, 1.807) is 41.5 Å². The zero-order chi connectivity index (χ0) is 40.6. The van der Waals surface area contributed by atoms with Gasteiger partial charge in [-0.2, -0.15) is 0 Å². The maximum atomic E-state index is 13.8. The predicted molar refractivity (Wildman–Crippen MR) is 210 cm³/mol. The number of nitrogens with zero attached hydrogens (tertiary/aromatic N) is 3. The van der Waals surface area contributed by atoms with Crippen LogP contribution >= 0.6 is 0 Å². The van der Waals surface area contributed by atoms with E-state index in [4.69, 9.17) is 14.5 Å². The Morgan fingerprint density at radius 2 is 1.77 bits per heavy atom. The molecule has 3 aliphatic heterocycles. The molecular weight excluding hydrogens is 732 g/mol. The number of benzene rings is 1. The van der Waals surface area contributed by atoms with Crippen LogP contribution in [-0.2, 0) is 65.0 Å². The number of aromatic nitrogens is 2. The van der Waals surface area contributed by atoms with E-state index >= 15 is 0 Å². The molecule has 3 aromatic rings. The average molecular weight is 783 g/mol. The van der Waals surface area contributed by atoms with Crippen LogP contribution in [0.2, 0.25) is 0 Å². The third-order valence-electron chi connectivity index (χ3n) is 11.6. The lowest BCUT2D eigenvalue weighted by Gasteiger charge is -2.31. The monoisotopic (exact) mass is 782 g/mol. The molecule has 1 aliphatic carbocycles. The number of ether oxygens (including phenoxy) is 2. The molecule has 2 aromatic heterocycles. The summed E-state index contributed by atoms with van der Waals surface area (Å²) in [4.78, 5) is 84.9. The molecule has 0 bridgehead atoms. The maximum absolute atomic E-state index is 13.8. The van der Waals surface area contributed by atoms with Crippen molar-refractivity contribution in [1.82, 2.24) is 25.1 Å². The third-order valence-corrected chi connectivity index (χ3v) is 11.6. The lowest BCUT2D eigenvalue weighted by Crippen LogP contribution is -2.53. The lowest BCUT2D eigenvalue weighted by atomic mass is 9.85. The molecule has 4 amide bonds. The summed E-state index contributed by atoms with van der Waals surface area (Å²) in [6, 6.07) is 3.59. The molecule has 5 heterocycles. The predicted octanol–water partition coefficient (Wildman–Crippen LogP) is 3.09. The van der Waals surface area contributed by atoms with E-state index in [9.17, 15) is 33.9 Å². The van der Waals surface area contributed by atoms with E-state index < -0.39 is 35.5 Å². The van der Waals surface area contributed by atoms with Crippen molar-refractivity contribution in [1.29, 1.82) is 0 Å². The van der Waals surface area contributed by atoms with Crippen molar-refractivity contribution in [2.75, 3.05) is 25.2 Å². The van der Waals surface area contributed by atoms with Crippen molar-refractivity contribution < 1.29 is 38.6 Å². The molecule has 4 N–H and O–H groups in total. The van der Waals surface area contributed by atoms with Crippen LogP contribution in [0.4, 0.5) is 5.69 Å². The number of hydrogen-bond acceptors (Lipinski definition) is 10. The number of aryl methyl sites for hydroxylation is 2. The van der Waals surface area contributed by atoms with Crippen LogP contribution in [0.15, 0.2) is 35.1 Å². The van der Waals surface area contributed by atoms with Gasteiger partial charge in [0, 0.05) is 41.2 Å². The number of unbranched alkanes of at least 4 members (excludes halogenated alkanes) is 2. The van der Waals surface area contributed by atoms with E-state index in [1.165, 1.54) is 6.08 Å². The van der Waals surface area contributed by atoms with E-state index in [0.29, 0.717) is 48.6 Å². The highest BCUT2D eigenvalue weighted by molar-refractivity contribution is 6.02. The molecule has 57 heavy (non-hydrogen) atoms. The largest absolute Gasteiger partial charge is 0.458 e. The fourth-order valence-corrected chi connectivity index (χ4v) is 8.31. The van der Waals surface area contributed by atoms with Gasteiger partial charge >= 0.3 is 5.97 Å². The minimum Gasteiger partial charge on any atom is -0.458 e. The zero-order valence-electron chi connectivity index (χ0n) is 32.9. The van der Waals surface area contributed by atoms with Crippen LogP contribution in [0, 0.1) is 5.92 Å². The quantitative estimate of drug-likeness (QED) is 0.116. The van der Waals surface area contributed by atoms with Crippen LogP contribution in [0.1, 0.15) is 94.0 Å². The Morgan fingerprint density at radius 1 is 0.982 bits per heavy atom. The van der Waals surface area contributed by atoms with Crippen molar-refractivity contribution in [3.63, 3.8) is 0 Å². The van der Waals surface area contributed by atoms with Gasteiger partial charge in [0.2, 0.25) is 23.6 Å². The Balaban J connectivity index is 1.01. The molecule has 302 valence electrons. The maximum Gasteiger partial charge on any atom is 0.343 e. The summed E-state index contributed by atoms with van der Waals surface area (Å²) in [5, 5.41) is 20.8. The Labute approximate surface area is 330 Å². The number of rotatable bonds is 13.